The van der Waals surface area contributed by atoms with Crippen LogP contribution in [0, 0.1) is 5.41 Å². The summed E-state index contributed by atoms with van der Waals surface area (Å²) in [6.45, 7) is 10.8. The van der Waals surface area contributed by atoms with Gasteiger partial charge in [-0.2, -0.15) is 0 Å². The Morgan fingerprint density at radius 3 is 2.22 bits per heavy atom. The van der Waals surface area contributed by atoms with Gasteiger partial charge < -0.3 is 10.6 Å². The molecule has 4 heteroatoms. The quantitative estimate of drug-likeness (QED) is 0.545. The molecule has 0 heterocycles. The molecule has 0 rings (SSSR count). The summed E-state index contributed by atoms with van der Waals surface area (Å²) in [7, 11) is 0. The second-order valence-electron chi connectivity index (χ2n) is 5.35. The van der Waals surface area contributed by atoms with E-state index in [-0.39, 0.29) is 11.9 Å². The Balaban J connectivity index is 4.89. The topological polar surface area (TPSA) is 46.3 Å². The van der Waals surface area contributed by atoms with Crippen LogP contribution in [0.15, 0.2) is 0 Å². The maximum atomic E-state index is 12.6. The number of hydrogen-bond donors (Lipinski definition) is 1. The summed E-state index contributed by atoms with van der Waals surface area (Å²) in [5.74, 6) is 0.0728. The zero-order valence-corrected chi connectivity index (χ0v) is 13.3. The van der Waals surface area contributed by atoms with E-state index in [1.165, 1.54) is 0 Å². The molecule has 106 valence electrons. The van der Waals surface area contributed by atoms with Crippen LogP contribution in [-0.2, 0) is 4.79 Å². The normalized spacial score (nSPS) is 14.3. The van der Waals surface area contributed by atoms with Crippen molar-refractivity contribution in [2.45, 2.75) is 66.3 Å². The first-order chi connectivity index (χ1) is 8.31. The van der Waals surface area contributed by atoms with E-state index in [0.29, 0.717) is 11.4 Å². The fourth-order valence-corrected chi connectivity index (χ4v) is 2.11. The van der Waals surface area contributed by atoms with Crippen molar-refractivity contribution >= 4 is 23.1 Å². The van der Waals surface area contributed by atoms with E-state index < -0.39 is 5.41 Å². The zero-order chi connectivity index (χ0) is 14.3. The third-order valence-corrected chi connectivity index (χ3v) is 4.06. The Kier molecular flexibility index (Phi) is 7.45. The van der Waals surface area contributed by atoms with Gasteiger partial charge >= 0.3 is 0 Å². The lowest BCUT2D eigenvalue weighted by molar-refractivity contribution is -0.139. The molecule has 0 fully saturated rings. The van der Waals surface area contributed by atoms with Gasteiger partial charge in [0.2, 0.25) is 5.91 Å². The standard InChI is InChI=1S/C14H28N2OS/c1-6-8-9-10-16(11(3)4)13(17)14(5,7-2)12(15)18/h11H,6-10H2,1-5H3,(H2,15,18). The summed E-state index contributed by atoms with van der Waals surface area (Å²) in [4.78, 5) is 14.8. The van der Waals surface area contributed by atoms with Crippen molar-refractivity contribution < 1.29 is 4.79 Å². The van der Waals surface area contributed by atoms with Crippen LogP contribution >= 0.6 is 12.2 Å². The van der Waals surface area contributed by atoms with Gasteiger partial charge in [-0.15, -0.1) is 0 Å². The third kappa shape index (κ3) is 4.23. The monoisotopic (exact) mass is 272 g/mol. The second kappa shape index (κ2) is 7.72. The first kappa shape index (κ1) is 17.4. The first-order valence-corrected chi connectivity index (χ1v) is 7.33. The largest absolute Gasteiger partial charge is 0.392 e. The molecule has 0 bridgehead atoms. The molecule has 0 radical (unpaired) electrons. The number of nitrogens with two attached hydrogens (primary N) is 1. The van der Waals surface area contributed by atoms with Crippen molar-refractivity contribution in [3.63, 3.8) is 0 Å². The Morgan fingerprint density at radius 2 is 1.89 bits per heavy atom. The lowest BCUT2D eigenvalue weighted by atomic mass is 9.85. The summed E-state index contributed by atoms with van der Waals surface area (Å²) >= 11 is 5.08. The van der Waals surface area contributed by atoms with Crippen molar-refractivity contribution in [1.29, 1.82) is 0 Å². The molecule has 0 saturated heterocycles. The average molecular weight is 272 g/mol. The predicted molar refractivity (Wildman–Crippen MR) is 81.6 cm³/mol. The van der Waals surface area contributed by atoms with Crippen LogP contribution in [0.3, 0.4) is 0 Å². The predicted octanol–water partition coefficient (Wildman–Crippen LogP) is 3.12. The van der Waals surface area contributed by atoms with Crippen molar-refractivity contribution in [1.82, 2.24) is 4.90 Å². The fourth-order valence-electron chi connectivity index (χ4n) is 1.87. The van der Waals surface area contributed by atoms with Gasteiger partial charge in [0.1, 0.15) is 0 Å². The molecule has 1 unspecified atom stereocenters. The number of carbonyl (C=O) groups excluding carboxylic acids is 1. The maximum Gasteiger partial charge on any atom is 0.235 e. The lowest BCUT2D eigenvalue weighted by Crippen LogP contribution is -2.51. The van der Waals surface area contributed by atoms with Crippen LogP contribution in [0.4, 0.5) is 0 Å². The summed E-state index contributed by atoms with van der Waals surface area (Å²) in [6, 6.07) is 0.189. The molecule has 0 aliphatic carbocycles. The Morgan fingerprint density at radius 1 is 1.33 bits per heavy atom. The third-order valence-electron chi connectivity index (χ3n) is 3.61. The van der Waals surface area contributed by atoms with E-state index in [1.54, 1.807) is 0 Å². The van der Waals surface area contributed by atoms with Gasteiger partial charge in [0.15, 0.2) is 0 Å². The minimum atomic E-state index is -0.703. The van der Waals surface area contributed by atoms with Gasteiger partial charge in [-0.3, -0.25) is 4.79 Å². The molecular weight excluding hydrogens is 244 g/mol. The van der Waals surface area contributed by atoms with Gasteiger partial charge in [0, 0.05) is 12.6 Å². The molecule has 18 heavy (non-hydrogen) atoms. The van der Waals surface area contributed by atoms with Crippen LogP contribution in [0.2, 0.25) is 0 Å². The van der Waals surface area contributed by atoms with Crippen LogP contribution < -0.4 is 5.73 Å². The first-order valence-electron chi connectivity index (χ1n) is 6.92. The Labute approximate surface area is 117 Å². The second-order valence-corrected chi connectivity index (χ2v) is 5.79. The molecule has 0 aromatic carbocycles. The van der Waals surface area contributed by atoms with Crippen molar-refractivity contribution in [2.24, 2.45) is 11.1 Å². The summed E-state index contributed by atoms with van der Waals surface area (Å²) in [5.41, 5.74) is 5.06. The summed E-state index contributed by atoms with van der Waals surface area (Å²) < 4.78 is 0. The number of nitrogens with zero attached hydrogens (tertiary/aromatic N) is 1. The minimum Gasteiger partial charge on any atom is -0.392 e. The molecule has 0 aliphatic heterocycles. The molecule has 3 nitrogen and oxygen atoms in total. The van der Waals surface area contributed by atoms with Crippen molar-refractivity contribution in [3.05, 3.63) is 0 Å². The number of hydrogen-bond acceptors (Lipinski definition) is 2. The highest BCUT2D eigenvalue weighted by molar-refractivity contribution is 7.80. The summed E-state index contributed by atoms with van der Waals surface area (Å²) in [6.07, 6.45) is 3.99. The maximum absolute atomic E-state index is 12.6. The Bertz CT molecular complexity index is 292. The molecule has 0 spiro atoms. The molecule has 0 aromatic heterocycles. The number of rotatable bonds is 8. The highest BCUT2D eigenvalue weighted by Crippen LogP contribution is 2.26. The molecule has 2 N–H and O–H groups in total. The van der Waals surface area contributed by atoms with Crippen LogP contribution in [0.25, 0.3) is 0 Å². The lowest BCUT2D eigenvalue weighted by Gasteiger charge is -2.35. The molecule has 1 atom stereocenters. The molecule has 0 aliphatic rings. The smallest absolute Gasteiger partial charge is 0.235 e. The number of unbranched alkanes of at least 4 members (excludes halogenated alkanes) is 2. The summed E-state index contributed by atoms with van der Waals surface area (Å²) in [5, 5.41) is 0. The van der Waals surface area contributed by atoms with Crippen LogP contribution in [0.5, 0.6) is 0 Å². The van der Waals surface area contributed by atoms with Gasteiger partial charge in [0.25, 0.3) is 0 Å². The van der Waals surface area contributed by atoms with Crippen molar-refractivity contribution in [3.8, 4) is 0 Å². The highest BCUT2D eigenvalue weighted by atomic mass is 32.1. The van der Waals surface area contributed by atoms with E-state index >= 15 is 0 Å². The fraction of sp³-hybridized carbons (Fsp3) is 0.857. The highest BCUT2D eigenvalue weighted by Gasteiger charge is 2.38. The zero-order valence-electron chi connectivity index (χ0n) is 12.5. The SMILES string of the molecule is CCCCCN(C(=O)C(C)(CC)C(N)=S)C(C)C. The van der Waals surface area contributed by atoms with E-state index in [4.69, 9.17) is 18.0 Å². The molecule has 0 saturated carbocycles. The van der Waals surface area contributed by atoms with Gasteiger partial charge in [-0.25, -0.2) is 0 Å². The van der Waals surface area contributed by atoms with Gasteiger partial charge in [-0.1, -0.05) is 38.9 Å². The molecule has 0 aromatic rings. The van der Waals surface area contributed by atoms with Gasteiger partial charge in [0.05, 0.1) is 10.4 Å². The molecule has 1 amide bonds. The number of amides is 1. The van der Waals surface area contributed by atoms with E-state index in [1.807, 2.05) is 32.6 Å². The number of thiocarbonyl (C=S) groups is 1. The van der Waals surface area contributed by atoms with Crippen LogP contribution in [0.1, 0.15) is 60.3 Å². The van der Waals surface area contributed by atoms with E-state index in [0.717, 1.165) is 25.8 Å². The number of carbonyl (C=O) groups is 1. The van der Waals surface area contributed by atoms with E-state index in [2.05, 4.69) is 6.92 Å². The Hall–Kier alpha value is -0.640. The minimum absolute atomic E-state index is 0.0728. The van der Waals surface area contributed by atoms with Gasteiger partial charge in [-0.05, 0) is 33.6 Å². The van der Waals surface area contributed by atoms with E-state index in [9.17, 15) is 4.79 Å². The van der Waals surface area contributed by atoms with Crippen LogP contribution in [-0.4, -0.2) is 28.4 Å². The average Bonchev–Trinajstić information content (AvgIpc) is 2.32. The van der Waals surface area contributed by atoms with Crippen molar-refractivity contribution in [2.75, 3.05) is 6.54 Å². The molecular formula is C14H28N2OS.